The average Bonchev–Trinajstić information content (AvgIpc) is 3.44. The molecule has 1 N–H and O–H groups in total. The minimum Gasteiger partial charge on any atom is -0.274 e. The second-order valence-electron chi connectivity index (χ2n) is 6.14. The standard InChI is InChI=1S/C20H17ClN6O2S2/c1-2-29-26-19(28)16-11-30-17(23-16)12-31-20-25-24-18(13-6-8-22-9-7-13)27(20)15-5-3-4-14(21)10-15/h3-11H,2,12H2,1H3,(H,26,28). The fraction of sp³-hybridized carbons (Fsp3) is 0.150. The maximum Gasteiger partial charge on any atom is 0.294 e. The van der Waals surface area contributed by atoms with Crippen LogP contribution in [0.25, 0.3) is 17.1 Å². The number of nitrogens with one attached hydrogen (secondary N) is 1. The van der Waals surface area contributed by atoms with E-state index < -0.39 is 0 Å². The lowest BCUT2D eigenvalue weighted by molar-refractivity contribution is 0.0360. The number of amides is 1. The highest BCUT2D eigenvalue weighted by atomic mass is 35.5. The van der Waals surface area contributed by atoms with Crippen LogP contribution in [0.5, 0.6) is 0 Å². The summed E-state index contributed by atoms with van der Waals surface area (Å²) in [5.74, 6) is 0.848. The molecule has 1 aromatic carbocycles. The first-order valence-electron chi connectivity index (χ1n) is 9.26. The molecule has 4 rings (SSSR count). The Morgan fingerprint density at radius 3 is 2.87 bits per heavy atom. The fourth-order valence-corrected chi connectivity index (χ4v) is 4.63. The molecule has 0 aliphatic rings. The molecule has 3 heterocycles. The fourth-order valence-electron chi connectivity index (χ4n) is 2.70. The Morgan fingerprint density at radius 1 is 1.26 bits per heavy atom. The summed E-state index contributed by atoms with van der Waals surface area (Å²) >= 11 is 9.10. The third-order valence-electron chi connectivity index (χ3n) is 4.06. The Kier molecular flexibility index (Phi) is 6.92. The predicted molar refractivity (Wildman–Crippen MR) is 120 cm³/mol. The number of pyridine rings is 1. The van der Waals surface area contributed by atoms with Crippen molar-refractivity contribution < 1.29 is 9.63 Å². The summed E-state index contributed by atoms with van der Waals surface area (Å²) in [7, 11) is 0. The van der Waals surface area contributed by atoms with Gasteiger partial charge in [-0.15, -0.1) is 21.5 Å². The molecule has 31 heavy (non-hydrogen) atoms. The Balaban J connectivity index is 1.60. The van der Waals surface area contributed by atoms with E-state index in [9.17, 15) is 4.79 Å². The van der Waals surface area contributed by atoms with E-state index >= 15 is 0 Å². The number of carbonyl (C=O) groups excluding carboxylic acids is 1. The van der Waals surface area contributed by atoms with Crippen LogP contribution in [0.15, 0.2) is 59.3 Å². The van der Waals surface area contributed by atoms with Crippen LogP contribution >= 0.6 is 34.7 Å². The van der Waals surface area contributed by atoms with Gasteiger partial charge in [-0.3, -0.25) is 19.2 Å². The van der Waals surface area contributed by atoms with Crippen molar-refractivity contribution in [3.8, 4) is 17.1 Å². The summed E-state index contributed by atoms with van der Waals surface area (Å²) in [4.78, 5) is 25.4. The third-order valence-corrected chi connectivity index (χ3v) is 6.26. The number of hydrogen-bond donors (Lipinski definition) is 1. The van der Waals surface area contributed by atoms with Crippen LogP contribution < -0.4 is 5.48 Å². The van der Waals surface area contributed by atoms with Crippen molar-refractivity contribution in [1.29, 1.82) is 0 Å². The Labute approximate surface area is 191 Å². The first-order valence-corrected chi connectivity index (χ1v) is 11.5. The highest BCUT2D eigenvalue weighted by molar-refractivity contribution is 7.98. The van der Waals surface area contributed by atoms with Gasteiger partial charge in [0.05, 0.1) is 18.0 Å². The lowest BCUT2D eigenvalue weighted by Crippen LogP contribution is -2.23. The van der Waals surface area contributed by atoms with Crippen molar-refractivity contribution in [2.45, 2.75) is 17.8 Å². The van der Waals surface area contributed by atoms with Gasteiger partial charge in [-0.25, -0.2) is 10.5 Å². The van der Waals surface area contributed by atoms with Gasteiger partial charge in [-0.2, -0.15) is 0 Å². The highest BCUT2D eigenvalue weighted by Crippen LogP contribution is 2.31. The van der Waals surface area contributed by atoms with Crippen molar-refractivity contribution in [2.75, 3.05) is 6.61 Å². The van der Waals surface area contributed by atoms with Crippen molar-refractivity contribution in [3.63, 3.8) is 0 Å². The molecule has 0 aliphatic carbocycles. The summed E-state index contributed by atoms with van der Waals surface area (Å²) < 4.78 is 1.95. The number of hydroxylamine groups is 1. The monoisotopic (exact) mass is 472 g/mol. The van der Waals surface area contributed by atoms with E-state index in [1.165, 1.54) is 23.1 Å². The number of halogens is 1. The molecule has 0 unspecified atom stereocenters. The summed E-state index contributed by atoms with van der Waals surface area (Å²) in [5.41, 5.74) is 4.41. The van der Waals surface area contributed by atoms with E-state index in [-0.39, 0.29) is 5.91 Å². The lowest BCUT2D eigenvalue weighted by atomic mass is 10.2. The van der Waals surface area contributed by atoms with E-state index in [2.05, 4.69) is 25.6 Å². The lowest BCUT2D eigenvalue weighted by Gasteiger charge is -2.10. The van der Waals surface area contributed by atoms with E-state index in [0.29, 0.717) is 34.1 Å². The van der Waals surface area contributed by atoms with Crippen LogP contribution in [0.3, 0.4) is 0 Å². The Hall–Kier alpha value is -2.79. The number of thioether (sulfide) groups is 1. The van der Waals surface area contributed by atoms with Gasteiger partial charge in [0.25, 0.3) is 5.91 Å². The SMILES string of the molecule is CCONC(=O)c1csc(CSc2nnc(-c3ccncc3)n2-c2cccc(Cl)c2)n1. The van der Waals surface area contributed by atoms with Crippen molar-refractivity contribution >= 4 is 40.6 Å². The van der Waals surface area contributed by atoms with Gasteiger partial charge in [0, 0.05) is 28.4 Å². The molecule has 0 saturated carbocycles. The molecule has 3 aromatic heterocycles. The number of nitrogens with zero attached hydrogens (tertiary/aromatic N) is 5. The molecular formula is C20H17ClN6O2S2. The number of thiazole rings is 1. The molecule has 0 atom stereocenters. The Morgan fingerprint density at radius 2 is 2.10 bits per heavy atom. The van der Waals surface area contributed by atoms with Gasteiger partial charge in [0.2, 0.25) is 0 Å². The van der Waals surface area contributed by atoms with Gasteiger partial charge < -0.3 is 0 Å². The zero-order valence-electron chi connectivity index (χ0n) is 16.4. The molecule has 11 heteroatoms. The quantitative estimate of drug-likeness (QED) is 0.299. The number of rotatable bonds is 8. The summed E-state index contributed by atoms with van der Waals surface area (Å²) in [6.07, 6.45) is 3.42. The maximum absolute atomic E-state index is 12.0. The number of benzene rings is 1. The number of hydrogen-bond acceptors (Lipinski definition) is 8. The highest BCUT2D eigenvalue weighted by Gasteiger charge is 2.18. The van der Waals surface area contributed by atoms with E-state index in [0.717, 1.165) is 16.3 Å². The molecule has 0 aliphatic heterocycles. The summed E-state index contributed by atoms with van der Waals surface area (Å²) in [6.45, 7) is 2.18. The van der Waals surface area contributed by atoms with Crippen LogP contribution in [0, 0.1) is 0 Å². The molecular weight excluding hydrogens is 456 g/mol. The molecule has 0 saturated heterocycles. The minimum absolute atomic E-state index is 0.322. The molecule has 0 fully saturated rings. The minimum atomic E-state index is -0.364. The van der Waals surface area contributed by atoms with E-state index in [1.807, 2.05) is 41.0 Å². The molecule has 0 bridgehead atoms. The molecule has 0 spiro atoms. The average molecular weight is 473 g/mol. The van der Waals surface area contributed by atoms with Crippen molar-refractivity contribution in [2.24, 2.45) is 0 Å². The van der Waals surface area contributed by atoms with E-state index in [4.69, 9.17) is 16.4 Å². The predicted octanol–water partition coefficient (Wildman–Crippen LogP) is 4.41. The maximum atomic E-state index is 12.0. The molecule has 8 nitrogen and oxygen atoms in total. The zero-order valence-corrected chi connectivity index (χ0v) is 18.7. The van der Waals surface area contributed by atoms with Gasteiger partial charge in [-0.05, 0) is 37.3 Å². The normalized spacial score (nSPS) is 10.9. The van der Waals surface area contributed by atoms with Gasteiger partial charge >= 0.3 is 0 Å². The molecule has 4 aromatic rings. The van der Waals surface area contributed by atoms with Crippen molar-refractivity contribution in [1.82, 2.24) is 30.2 Å². The van der Waals surface area contributed by atoms with Gasteiger partial charge in [0.15, 0.2) is 11.0 Å². The second-order valence-corrected chi connectivity index (χ2v) is 8.46. The van der Waals surface area contributed by atoms with Crippen LogP contribution in [0.4, 0.5) is 0 Å². The zero-order chi connectivity index (χ0) is 21.6. The van der Waals surface area contributed by atoms with Gasteiger partial charge in [0.1, 0.15) is 10.7 Å². The first-order chi connectivity index (χ1) is 15.2. The Bertz CT molecular complexity index is 1180. The third kappa shape index (κ3) is 5.10. The summed E-state index contributed by atoms with van der Waals surface area (Å²) in [6, 6.07) is 11.3. The molecule has 158 valence electrons. The largest absolute Gasteiger partial charge is 0.294 e. The molecule has 1 amide bonds. The number of aromatic nitrogens is 5. The van der Waals surface area contributed by atoms with E-state index in [1.54, 1.807) is 24.7 Å². The topological polar surface area (TPSA) is 94.8 Å². The van der Waals surface area contributed by atoms with Crippen LogP contribution in [0.2, 0.25) is 5.02 Å². The first kappa shape index (κ1) is 21.4. The molecule has 0 radical (unpaired) electrons. The second kappa shape index (κ2) is 10.0. The van der Waals surface area contributed by atoms with Gasteiger partial charge in [-0.1, -0.05) is 29.4 Å². The number of carbonyl (C=O) groups is 1. The van der Waals surface area contributed by atoms with Crippen LogP contribution in [0.1, 0.15) is 22.4 Å². The summed E-state index contributed by atoms with van der Waals surface area (Å²) in [5, 5.41) is 12.6. The van der Waals surface area contributed by atoms with Crippen molar-refractivity contribution in [3.05, 3.63) is 69.9 Å². The van der Waals surface area contributed by atoms with Crippen LogP contribution in [-0.2, 0) is 10.6 Å². The smallest absolute Gasteiger partial charge is 0.274 e. The van der Waals surface area contributed by atoms with Crippen LogP contribution in [-0.4, -0.2) is 37.2 Å².